The van der Waals surface area contributed by atoms with Crippen molar-refractivity contribution in [2.24, 2.45) is 5.92 Å². The molecule has 0 aliphatic carbocycles. The van der Waals surface area contributed by atoms with Gasteiger partial charge in [-0.05, 0) is 37.3 Å². The lowest BCUT2D eigenvalue weighted by molar-refractivity contribution is -0.344. The van der Waals surface area contributed by atoms with Crippen LogP contribution in [0.25, 0.3) is 0 Å². The maximum absolute atomic E-state index is 13.6. The minimum absolute atomic E-state index is 0.0969. The maximum atomic E-state index is 13.6. The predicted molar refractivity (Wildman–Crippen MR) is 94.7 cm³/mol. The molecule has 1 unspecified atom stereocenters. The molecule has 0 spiro atoms. The Bertz CT molecular complexity index is 530. The summed E-state index contributed by atoms with van der Waals surface area (Å²) in [6.07, 6.45) is 8.45. The van der Waals surface area contributed by atoms with Crippen molar-refractivity contribution < 1.29 is 28.5 Å². The predicted octanol–water partition coefficient (Wildman–Crippen LogP) is 4.81. The Balaban J connectivity index is 2.37. The number of benzene rings is 1. The van der Waals surface area contributed by atoms with Crippen LogP contribution < -0.4 is 0 Å². The normalized spacial score (nSPS) is 13.2. The number of halogens is 3. The summed E-state index contributed by atoms with van der Waals surface area (Å²) in [5, 5.41) is 28.5. The van der Waals surface area contributed by atoms with Crippen molar-refractivity contribution in [2.45, 2.75) is 83.5 Å². The van der Waals surface area contributed by atoms with Gasteiger partial charge in [-0.15, -0.1) is 0 Å². The first-order chi connectivity index (χ1) is 12.3. The van der Waals surface area contributed by atoms with Gasteiger partial charge >= 0.3 is 0 Å². The Labute approximate surface area is 153 Å². The van der Waals surface area contributed by atoms with E-state index in [1.54, 1.807) is 0 Å². The highest BCUT2D eigenvalue weighted by atomic mass is 19.2. The first-order valence-electron chi connectivity index (χ1n) is 9.56. The highest BCUT2D eigenvalue weighted by Crippen LogP contribution is 2.26. The fourth-order valence-corrected chi connectivity index (χ4v) is 3.16. The second-order valence-corrected chi connectivity index (χ2v) is 7.04. The van der Waals surface area contributed by atoms with Crippen LogP contribution in [0.5, 0.6) is 0 Å². The number of aryl methyl sites for hydroxylation is 1. The van der Waals surface area contributed by atoms with E-state index in [1.807, 2.05) is 0 Å². The summed E-state index contributed by atoms with van der Waals surface area (Å²) in [4.78, 5) is 0. The molecule has 6 heteroatoms. The van der Waals surface area contributed by atoms with Gasteiger partial charge in [-0.3, -0.25) is 0 Å². The number of hydrogen-bond acceptors (Lipinski definition) is 3. The Morgan fingerprint density at radius 3 is 1.92 bits per heavy atom. The third kappa shape index (κ3) is 8.52. The van der Waals surface area contributed by atoms with Crippen LogP contribution in [-0.4, -0.2) is 21.3 Å². The minimum atomic E-state index is -2.73. The summed E-state index contributed by atoms with van der Waals surface area (Å²) < 4.78 is 39.6. The Kier molecular flexibility index (Phi) is 10.2. The molecule has 0 fully saturated rings. The molecular weight excluding hydrogens is 345 g/mol. The van der Waals surface area contributed by atoms with Crippen molar-refractivity contribution in [3.63, 3.8) is 0 Å². The molecule has 3 nitrogen and oxygen atoms in total. The van der Waals surface area contributed by atoms with E-state index >= 15 is 0 Å². The van der Waals surface area contributed by atoms with Gasteiger partial charge in [-0.1, -0.05) is 51.9 Å². The monoisotopic (exact) mass is 376 g/mol. The van der Waals surface area contributed by atoms with Crippen molar-refractivity contribution >= 4 is 0 Å². The first-order valence-corrected chi connectivity index (χ1v) is 9.56. The van der Waals surface area contributed by atoms with Crippen LogP contribution >= 0.6 is 0 Å². The van der Waals surface area contributed by atoms with E-state index in [0.29, 0.717) is 31.7 Å². The minimum Gasteiger partial charge on any atom is -0.343 e. The molecule has 26 heavy (non-hydrogen) atoms. The number of unbranched alkanes of at least 4 members (excludes halogenated alkanes) is 6. The molecule has 150 valence electrons. The van der Waals surface area contributed by atoms with Crippen LogP contribution in [0.2, 0.25) is 0 Å². The summed E-state index contributed by atoms with van der Waals surface area (Å²) in [7, 11) is 0. The van der Waals surface area contributed by atoms with Crippen LogP contribution in [0.1, 0.15) is 76.7 Å². The standard InChI is InChI=1S/C20H31F3O3/c1-2-3-4-5-6-7-11-16(20(24,25)26)12-9-8-10-15-13-18(22)19(23)14-17(15)21/h13-14,16,24-26H,2-12H2,1H3. The Morgan fingerprint density at radius 1 is 0.769 bits per heavy atom. The average Bonchev–Trinajstić information content (AvgIpc) is 2.55. The lowest BCUT2D eigenvalue weighted by Crippen LogP contribution is -2.37. The molecule has 0 radical (unpaired) electrons. The fraction of sp³-hybridized carbons (Fsp3) is 0.700. The van der Waals surface area contributed by atoms with Gasteiger partial charge in [0.15, 0.2) is 11.6 Å². The molecule has 0 amide bonds. The molecule has 0 heterocycles. The highest BCUT2D eigenvalue weighted by molar-refractivity contribution is 5.20. The topological polar surface area (TPSA) is 60.7 Å². The summed E-state index contributed by atoms with van der Waals surface area (Å²) in [5.41, 5.74) is 0.0969. The molecule has 0 aliphatic rings. The summed E-state index contributed by atoms with van der Waals surface area (Å²) in [5.74, 6) is -6.48. The zero-order chi connectivity index (χ0) is 19.6. The van der Waals surface area contributed by atoms with E-state index in [2.05, 4.69) is 6.92 Å². The fourth-order valence-electron chi connectivity index (χ4n) is 3.16. The summed E-state index contributed by atoms with van der Waals surface area (Å²) in [6.45, 7) is 2.14. The lowest BCUT2D eigenvalue weighted by Gasteiger charge is -2.26. The number of aliphatic hydroxyl groups is 3. The second-order valence-electron chi connectivity index (χ2n) is 7.04. The van der Waals surface area contributed by atoms with Crippen molar-refractivity contribution in [1.29, 1.82) is 0 Å². The van der Waals surface area contributed by atoms with Gasteiger partial charge in [0.1, 0.15) is 5.82 Å². The molecule has 1 aromatic rings. The quantitative estimate of drug-likeness (QED) is 0.263. The van der Waals surface area contributed by atoms with Crippen molar-refractivity contribution in [1.82, 2.24) is 0 Å². The van der Waals surface area contributed by atoms with Gasteiger partial charge in [0.2, 0.25) is 0 Å². The van der Waals surface area contributed by atoms with Gasteiger partial charge in [0.05, 0.1) is 0 Å². The van der Waals surface area contributed by atoms with Crippen LogP contribution in [0.3, 0.4) is 0 Å². The van der Waals surface area contributed by atoms with E-state index in [1.165, 1.54) is 6.42 Å². The van der Waals surface area contributed by atoms with E-state index in [0.717, 1.165) is 38.2 Å². The smallest absolute Gasteiger partial charge is 0.278 e. The molecule has 1 atom stereocenters. The maximum Gasteiger partial charge on any atom is 0.278 e. The third-order valence-electron chi connectivity index (χ3n) is 4.79. The number of hydrogen-bond donors (Lipinski definition) is 3. The highest BCUT2D eigenvalue weighted by Gasteiger charge is 2.30. The van der Waals surface area contributed by atoms with E-state index in [-0.39, 0.29) is 12.0 Å². The molecule has 0 saturated heterocycles. The summed E-state index contributed by atoms with van der Waals surface area (Å²) >= 11 is 0. The molecule has 0 aliphatic heterocycles. The van der Waals surface area contributed by atoms with Gasteiger partial charge in [0.25, 0.3) is 5.97 Å². The molecule has 0 saturated carbocycles. The largest absolute Gasteiger partial charge is 0.343 e. The van der Waals surface area contributed by atoms with E-state index in [9.17, 15) is 28.5 Å². The molecule has 3 N–H and O–H groups in total. The third-order valence-corrected chi connectivity index (χ3v) is 4.79. The second kappa shape index (κ2) is 11.6. The van der Waals surface area contributed by atoms with Crippen molar-refractivity contribution in [2.75, 3.05) is 0 Å². The molecule has 1 rings (SSSR count). The Hall–Kier alpha value is -1.11. The summed E-state index contributed by atoms with van der Waals surface area (Å²) in [6, 6.07) is 1.39. The molecule has 0 bridgehead atoms. The van der Waals surface area contributed by atoms with Gasteiger partial charge in [0, 0.05) is 12.0 Å². The van der Waals surface area contributed by atoms with Gasteiger partial charge in [-0.25, -0.2) is 13.2 Å². The molecular formula is C20H31F3O3. The van der Waals surface area contributed by atoms with Gasteiger partial charge in [-0.2, -0.15) is 0 Å². The number of rotatable bonds is 13. The van der Waals surface area contributed by atoms with Crippen molar-refractivity contribution in [3.05, 3.63) is 35.1 Å². The molecule has 1 aromatic carbocycles. The van der Waals surface area contributed by atoms with E-state index < -0.39 is 29.3 Å². The molecule has 0 aromatic heterocycles. The van der Waals surface area contributed by atoms with Crippen LogP contribution in [0.15, 0.2) is 12.1 Å². The zero-order valence-electron chi connectivity index (χ0n) is 15.5. The Morgan fingerprint density at radius 2 is 1.31 bits per heavy atom. The zero-order valence-corrected chi connectivity index (χ0v) is 15.5. The van der Waals surface area contributed by atoms with Gasteiger partial charge < -0.3 is 15.3 Å². The average molecular weight is 376 g/mol. The lowest BCUT2D eigenvalue weighted by atomic mass is 9.92. The van der Waals surface area contributed by atoms with Crippen LogP contribution in [0.4, 0.5) is 13.2 Å². The first kappa shape index (κ1) is 22.9. The van der Waals surface area contributed by atoms with E-state index in [4.69, 9.17) is 0 Å². The van der Waals surface area contributed by atoms with Crippen LogP contribution in [-0.2, 0) is 6.42 Å². The SMILES string of the molecule is CCCCCCCCC(CCCCc1cc(F)c(F)cc1F)C(O)(O)O. The van der Waals surface area contributed by atoms with Crippen molar-refractivity contribution in [3.8, 4) is 0 Å². The van der Waals surface area contributed by atoms with Crippen LogP contribution in [0, 0.1) is 23.4 Å².